The summed E-state index contributed by atoms with van der Waals surface area (Å²) in [5, 5.41) is 14.8. The van der Waals surface area contributed by atoms with Gasteiger partial charge >= 0.3 is 0 Å². The van der Waals surface area contributed by atoms with Crippen molar-refractivity contribution in [1.29, 1.82) is 5.26 Å². The summed E-state index contributed by atoms with van der Waals surface area (Å²) in [5.41, 5.74) is 2.79. The summed E-state index contributed by atoms with van der Waals surface area (Å²) in [4.78, 5) is 16.6. The number of fused-ring (bicyclic) bond motifs is 1. The molecule has 1 aliphatic rings. The smallest absolute Gasteiger partial charge is 0.253 e. The minimum atomic E-state index is -0.213. The van der Waals surface area contributed by atoms with Gasteiger partial charge in [-0.15, -0.1) is 0 Å². The first-order valence-electron chi connectivity index (χ1n) is 8.61. The summed E-state index contributed by atoms with van der Waals surface area (Å²) in [5.74, 6) is 1.79. The molecule has 1 amide bonds. The molecule has 0 atom stereocenters. The van der Waals surface area contributed by atoms with Crippen molar-refractivity contribution in [2.75, 3.05) is 12.1 Å². The first-order valence-corrected chi connectivity index (χ1v) is 8.61. The summed E-state index contributed by atoms with van der Waals surface area (Å²) in [6.45, 7) is 0.598. The van der Waals surface area contributed by atoms with E-state index in [1.807, 2.05) is 18.2 Å². The molecule has 2 aromatic carbocycles. The van der Waals surface area contributed by atoms with E-state index in [1.54, 1.807) is 36.4 Å². The summed E-state index contributed by atoms with van der Waals surface area (Å²) in [7, 11) is 0. The highest BCUT2D eigenvalue weighted by Gasteiger charge is 2.13. The lowest BCUT2D eigenvalue weighted by Gasteiger charge is -2.08. The van der Waals surface area contributed by atoms with Gasteiger partial charge in [-0.25, -0.2) is 4.98 Å². The highest BCUT2D eigenvalue weighted by atomic mass is 16.7. The van der Waals surface area contributed by atoms with Gasteiger partial charge in [0.1, 0.15) is 5.82 Å². The van der Waals surface area contributed by atoms with Crippen LogP contribution in [-0.4, -0.2) is 17.7 Å². The van der Waals surface area contributed by atoms with Gasteiger partial charge in [-0.05, 0) is 54.1 Å². The number of nitrogens with zero attached hydrogens (tertiary/aromatic N) is 2. The summed E-state index contributed by atoms with van der Waals surface area (Å²) in [6.07, 6.45) is 1.51. The van der Waals surface area contributed by atoms with E-state index in [0.717, 1.165) is 11.3 Å². The number of amides is 1. The summed E-state index contributed by atoms with van der Waals surface area (Å²) in [6, 6.07) is 18.1. The third kappa shape index (κ3) is 3.86. The van der Waals surface area contributed by atoms with E-state index in [2.05, 4.69) is 21.7 Å². The van der Waals surface area contributed by atoms with Crippen LogP contribution in [0.4, 0.5) is 11.5 Å². The fraction of sp³-hybridized carbons (Fsp3) is 0.0952. The molecule has 2 heterocycles. The predicted molar refractivity (Wildman–Crippen MR) is 102 cm³/mol. The lowest BCUT2D eigenvalue weighted by Crippen LogP contribution is -2.22. The van der Waals surface area contributed by atoms with Gasteiger partial charge in [0.25, 0.3) is 5.91 Å². The molecule has 0 saturated carbocycles. The number of nitriles is 1. The fourth-order valence-electron chi connectivity index (χ4n) is 2.71. The second kappa shape index (κ2) is 7.68. The lowest BCUT2D eigenvalue weighted by molar-refractivity contribution is 0.0950. The number of pyridine rings is 1. The molecular formula is C21H16N4O3. The number of hydrogen-bond donors (Lipinski definition) is 2. The monoisotopic (exact) mass is 372 g/mol. The van der Waals surface area contributed by atoms with Crippen molar-refractivity contribution in [3.05, 3.63) is 77.5 Å². The Morgan fingerprint density at radius 3 is 2.64 bits per heavy atom. The second-order valence-corrected chi connectivity index (χ2v) is 6.12. The number of rotatable bonds is 5. The minimum Gasteiger partial charge on any atom is -0.454 e. The van der Waals surface area contributed by atoms with Gasteiger partial charge in [-0.3, -0.25) is 4.79 Å². The molecule has 0 fully saturated rings. The van der Waals surface area contributed by atoms with E-state index >= 15 is 0 Å². The zero-order chi connectivity index (χ0) is 19.3. The zero-order valence-electron chi connectivity index (χ0n) is 14.8. The van der Waals surface area contributed by atoms with Crippen LogP contribution in [0.3, 0.4) is 0 Å². The van der Waals surface area contributed by atoms with Gasteiger partial charge in [-0.1, -0.05) is 6.07 Å². The molecule has 1 aromatic heterocycles. The van der Waals surface area contributed by atoms with Crippen molar-refractivity contribution < 1.29 is 14.3 Å². The number of ether oxygens (including phenoxy) is 2. The first-order chi connectivity index (χ1) is 13.7. The average molecular weight is 372 g/mol. The Hall–Kier alpha value is -4.05. The third-order valence-corrected chi connectivity index (χ3v) is 4.20. The van der Waals surface area contributed by atoms with Crippen LogP contribution < -0.4 is 20.1 Å². The maximum atomic E-state index is 12.3. The van der Waals surface area contributed by atoms with E-state index in [-0.39, 0.29) is 12.7 Å². The Morgan fingerprint density at radius 1 is 1.07 bits per heavy atom. The molecule has 138 valence electrons. The van der Waals surface area contributed by atoms with Crippen LogP contribution in [0.5, 0.6) is 11.5 Å². The molecule has 0 unspecified atom stereocenters. The van der Waals surface area contributed by atoms with Crippen LogP contribution in [0.15, 0.2) is 60.8 Å². The molecule has 1 aliphatic heterocycles. The Morgan fingerprint density at radius 2 is 1.89 bits per heavy atom. The van der Waals surface area contributed by atoms with Crippen molar-refractivity contribution in [3.8, 4) is 17.6 Å². The van der Waals surface area contributed by atoms with Gasteiger partial charge in [0.2, 0.25) is 6.79 Å². The Bertz CT molecular complexity index is 1040. The van der Waals surface area contributed by atoms with Crippen LogP contribution in [0, 0.1) is 11.3 Å². The van der Waals surface area contributed by atoms with Gasteiger partial charge in [0.15, 0.2) is 11.5 Å². The highest BCUT2D eigenvalue weighted by molar-refractivity contribution is 5.94. The van der Waals surface area contributed by atoms with Crippen molar-refractivity contribution >= 4 is 17.4 Å². The highest BCUT2D eigenvalue weighted by Crippen LogP contribution is 2.32. The van der Waals surface area contributed by atoms with Crippen molar-refractivity contribution in [2.45, 2.75) is 6.54 Å². The zero-order valence-corrected chi connectivity index (χ0v) is 14.8. The Labute approximate surface area is 161 Å². The van der Waals surface area contributed by atoms with E-state index in [0.29, 0.717) is 35.0 Å². The molecule has 0 bridgehead atoms. The van der Waals surface area contributed by atoms with Crippen LogP contribution >= 0.6 is 0 Å². The lowest BCUT2D eigenvalue weighted by atomic mass is 10.2. The number of aromatic nitrogens is 1. The maximum Gasteiger partial charge on any atom is 0.253 e. The maximum absolute atomic E-state index is 12.3. The average Bonchev–Trinajstić information content (AvgIpc) is 3.21. The van der Waals surface area contributed by atoms with E-state index < -0.39 is 0 Å². The Kier molecular flexibility index (Phi) is 4.76. The second-order valence-electron chi connectivity index (χ2n) is 6.12. The standard InChI is InChI=1S/C21H16N4O3/c22-10-14-1-5-17(6-2-14)25-20-8-4-16(12-23-20)21(26)24-11-15-3-7-18-19(9-15)28-13-27-18/h1-9,12H,11,13H2,(H,23,25)(H,24,26). The number of anilines is 2. The van der Waals surface area contributed by atoms with Gasteiger partial charge in [0, 0.05) is 18.4 Å². The largest absolute Gasteiger partial charge is 0.454 e. The predicted octanol–water partition coefficient (Wildman–Crippen LogP) is 3.36. The number of nitrogens with one attached hydrogen (secondary N) is 2. The molecule has 0 radical (unpaired) electrons. The number of carbonyl (C=O) groups is 1. The Balaban J connectivity index is 1.35. The quantitative estimate of drug-likeness (QED) is 0.713. The van der Waals surface area contributed by atoms with Gasteiger partial charge < -0.3 is 20.1 Å². The molecule has 28 heavy (non-hydrogen) atoms. The van der Waals surface area contributed by atoms with Crippen LogP contribution in [0.2, 0.25) is 0 Å². The fourth-order valence-corrected chi connectivity index (χ4v) is 2.71. The summed E-state index contributed by atoms with van der Waals surface area (Å²) < 4.78 is 10.6. The molecule has 7 heteroatoms. The number of carbonyl (C=O) groups excluding carboxylic acids is 1. The van der Waals surface area contributed by atoms with E-state index in [1.165, 1.54) is 6.20 Å². The van der Waals surface area contributed by atoms with Crippen molar-refractivity contribution in [2.24, 2.45) is 0 Å². The first kappa shape index (κ1) is 17.4. The van der Waals surface area contributed by atoms with Crippen LogP contribution in [0.25, 0.3) is 0 Å². The van der Waals surface area contributed by atoms with Gasteiger partial charge in [0.05, 0.1) is 17.2 Å². The summed E-state index contributed by atoms with van der Waals surface area (Å²) >= 11 is 0. The van der Waals surface area contributed by atoms with Gasteiger partial charge in [-0.2, -0.15) is 5.26 Å². The molecule has 4 rings (SSSR count). The van der Waals surface area contributed by atoms with Crippen molar-refractivity contribution in [1.82, 2.24) is 10.3 Å². The third-order valence-electron chi connectivity index (χ3n) is 4.20. The number of hydrogen-bond acceptors (Lipinski definition) is 6. The topological polar surface area (TPSA) is 96.3 Å². The number of benzene rings is 2. The molecule has 0 saturated heterocycles. The SMILES string of the molecule is N#Cc1ccc(Nc2ccc(C(=O)NCc3ccc4c(c3)OCO4)cn2)cc1. The van der Waals surface area contributed by atoms with Crippen LogP contribution in [-0.2, 0) is 6.54 Å². The molecule has 0 spiro atoms. The molecule has 0 aliphatic carbocycles. The minimum absolute atomic E-state index is 0.213. The molecule has 7 nitrogen and oxygen atoms in total. The van der Waals surface area contributed by atoms with Crippen LogP contribution in [0.1, 0.15) is 21.5 Å². The van der Waals surface area contributed by atoms with Crippen molar-refractivity contribution in [3.63, 3.8) is 0 Å². The molecule has 3 aromatic rings. The molecular weight excluding hydrogens is 356 g/mol. The molecule has 2 N–H and O–H groups in total. The van der Waals surface area contributed by atoms with E-state index in [4.69, 9.17) is 14.7 Å². The normalized spacial score (nSPS) is 11.5. The van der Waals surface area contributed by atoms with E-state index in [9.17, 15) is 4.79 Å².